The summed E-state index contributed by atoms with van der Waals surface area (Å²) in [7, 11) is 0. The minimum atomic E-state index is -0.280. The van der Waals surface area contributed by atoms with Gasteiger partial charge in [-0.1, -0.05) is 25.9 Å². The summed E-state index contributed by atoms with van der Waals surface area (Å²) >= 11 is 0. The summed E-state index contributed by atoms with van der Waals surface area (Å²) in [5.74, 6) is 1.46. The molecule has 2 amide bonds. The summed E-state index contributed by atoms with van der Waals surface area (Å²) < 4.78 is 10.7. The quantitative estimate of drug-likeness (QED) is 0.898. The summed E-state index contributed by atoms with van der Waals surface area (Å²) in [6.07, 6.45) is 5.84. The second-order valence-electron chi connectivity index (χ2n) is 7.15. The van der Waals surface area contributed by atoms with E-state index in [1.165, 1.54) is 0 Å². The van der Waals surface area contributed by atoms with E-state index in [1.54, 1.807) is 6.26 Å². The number of carbonyl (C=O) groups excluding carboxylic acids is 1. The van der Waals surface area contributed by atoms with Crippen LogP contribution in [-0.2, 0) is 31.3 Å². The van der Waals surface area contributed by atoms with Crippen LogP contribution in [0.5, 0.6) is 0 Å². The molecule has 7 heteroatoms. The molecule has 0 saturated heterocycles. The van der Waals surface area contributed by atoms with E-state index < -0.39 is 0 Å². The molecule has 0 fully saturated rings. The van der Waals surface area contributed by atoms with Crippen molar-refractivity contribution < 1.29 is 13.7 Å². The average Bonchev–Trinajstić information content (AvgIpc) is 3.17. The van der Waals surface area contributed by atoms with Crippen molar-refractivity contribution in [1.82, 2.24) is 20.8 Å². The predicted octanol–water partition coefficient (Wildman–Crippen LogP) is 2.84. The van der Waals surface area contributed by atoms with E-state index in [0.29, 0.717) is 12.4 Å². The molecule has 0 bridgehead atoms. The molecule has 1 aliphatic carbocycles. The number of oxazole rings is 1. The average molecular weight is 332 g/mol. The first kappa shape index (κ1) is 16.5. The lowest BCUT2D eigenvalue weighted by molar-refractivity contribution is 0.238. The lowest BCUT2D eigenvalue weighted by Gasteiger charge is -2.13. The van der Waals surface area contributed by atoms with Gasteiger partial charge in [0.05, 0.1) is 18.8 Å². The standard InChI is InChI=1S/C17H24N4O3/c1-17(2,3)14-10-23-15(20-14)9-19-16(22)18-8-12-11-6-4-5-7-13(11)24-21-12/h10H,4-9H2,1-3H3,(H2,18,19,22). The number of carbonyl (C=O) groups is 1. The third kappa shape index (κ3) is 3.77. The van der Waals surface area contributed by atoms with Crippen LogP contribution < -0.4 is 10.6 Å². The predicted molar refractivity (Wildman–Crippen MR) is 87.4 cm³/mol. The van der Waals surface area contributed by atoms with Crippen LogP contribution in [0.2, 0.25) is 0 Å². The molecule has 130 valence electrons. The molecule has 7 nitrogen and oxygen atoms in total. The molecule has 0 aliphatic heterocycles. The van der Waals surface area contributed by atoms with Gasteiger partial charge in [0.25, 0.3) is 0 Å². The van der Waals surface area contributed by atoms with Crippen LogP contribution in [0.25, 0.3) is 0 Å². The van der Waals surface area contributed by atoms with E-state index >= 15 is 0 Å². The van der Waals surface area contributed by atoms with Gasteiger partial charge < -0.3 is 19.6 Å². The Morgan fingerprint density at radius 3 is 2.71 bits per heavy atom. The molecular weight excluding hydrogens is 308 g/mol. The van der Waals surface area contributed by atoms with E-state index in [0.717, 1.165) is 48.4 Å². The minimum Gasteiger partial charge on any atom is -0.447 e. The highest BCUT2D eigenvalue weighted by atomic mass is 16.5. The summed E-state index contributed by atoms with van der Waals surface area (Å²) in [4.78, 5) is 16.3. The smallest absolute Gasteiger partial charge is 0.315 e. The van der Waals surface area contributed by atoms with Gasteiger partial charge in [-0.3, -0.25) is 0 Å². The lowest BCUT2D eigenvalue weighted by Crippen LogP contribution is -2.35. The van der Waals surface area contributed by atoms with Gasteiger partial charge in [-0.05, 0) is 19.3 Å². The van der Waals surface area contributed by atoms with Gasteiger partial charge in [-0.15, -0.1) is 0 Å². The van der Waals surface area contributed by atoms with Gasteiger partial charge >= 0.3 is 6.03 Å². The second-order valence-corrected chi connectivity index (χ2v) is 7.15. The Balaban J connectivity index is 1.48. The Labute approximate surface area is 141 Å². The number of hydrogen-bond donors (Lipinski definition) is 2. The molecule has 0 aromatic carbocycles. The van der Waals surface area contributed by atoms with Gasteiger partial charge in [-0.25, -0.2) is 9.78 Å². The second kappa shape index (κ2) is 6.67. The fraction of sp³-hybridized carbons (Fsp3) is 0.588. The number of rotatable bonds is 4. The van der Waals surface area contributed by atoms with Crippen molar-refractivity contribution in [3.05, 3.63) is 34.9 Å². The van der Waals surface area contributed by atoms with Crippen LogP contribution in [0, 0.1) is 0 Å². The first-order chi connectivity index (χ1) is 11.4. The van der Waals surface area contributed by atoms with E-state index in [9.17, 15) is 4.79 Å². The molecule has 2 N–H and O–H groups in total. The molecule has 1 aliphatic rings. The maximum absolute atomic E-state index is 11.9. The molecule has 0 atom stereocenters. The van der Waals surface area contributed by atoms with E-state index in [2.05, 4.69) is 41.5 Å². The molecule has 3 rings (SSSR count). The largest absolute Gasteiger partial charge is 0.447 e. The molecule has 2 heterocycles. The Bertz CT molecular complexity index is 712. The molecular formula is C17H24N4O3. The van der Waals surface area contributed by atoms with Crippen molar-refractivity contribution in [2.45, 2.75) is 65.0 Å². The monoisotopic (exact) mass is 332 g/mol. The van der Waals surface area contributed by atoms with Crippen LogP contribution >= 0.6 is 0 Å². The molecule has 24 heavy (non-hydrogen) atoms. The summed E-state index contributed by atoms with van der Waals surface area (Å²) in [6.45, 7) is 6.80. The molecule has 0 radical (unpaired) electrons. The van der Waals surface area contributed by atoms with Gasteiger partial charge in [-0.2, -0.15) is 0 Å². The highest BCUT2D eigenvalue weighted by Crippen LogP contribution is 2.24. The Morgan fingerprint density at radius 1 is 1.21 bits per heavy atom. The number of urea groups is 1. The molecule has 2 aromatic rings. The number of aromatic nitrogens is 2. The fourth-order valence-electron chi connectivity index (χ4n) is 2.71. The zero-order chi connectivity index (χ0) is 17.2. The van der Waals surface area contributed by atoms with Crippen LogP contribution in [0.3, 0.4) is 0 Å². The minimum absolute atomic E-state index is 0.0734. The first-order valence-electron chi connectivity index (χ1n) is 8.36. The van der Waals surface area contributed by atoms with E-state index in [-0.39, 0.29) is 18.0 Å². The normalized spacial score (nSPS) is 14.3. The van der Waals surface area contributed by atoms with E-state index in [4.69, 9.17) is 8.94 Å². The van der Waals surface area contributed by atoms with Gasteiger partial charge in [0.2, 0.25) is 5.89 Å². The van der Waals surface area contributed by atoms with Crippen LogP contribution in [0.1, 0.15) is 62.2 Å². The maximum atomic E-state index is 11.9. The summed E-state index contributed by atoms with van der Waals surface area (Å²) in [6, 6.07) is -0.280. The molecule has 2 aromatic heterocycles. The van der Waals surface area contributed by atoms with Crippen molar-refractivity contribution >= 4 is 6.03 Å². The van der Waals surface area contributed by atoms with Crippen molar-refractivity contribution in [2.24, 2.45) is 0 Å². The van der Waals surface area contributed by atoms with Crippen molar-refractivity contribution in [1.29, 1.82) is 0 Å². The zero-order valence-corrected chi connectivity index (χ0v) is 14.4. The molecule has 0 saturated carbocycles. The number of nitrogens with one attached hydrogen (secondary N) is 2. The van der Waals surface area contributed by atoms with Gasteiger partial charge in [0.15, 0.2) is 0 Å². The number of amides is 2. The third-order valence-electron chi connectivity index (χ3n) is 4.17. The highest BCUT2D eigenvalue weighted by molar-refractivity contribution is 5.73. The Morgan fingerprint density at radius 2 is 1.96 bits per heavy atom. The Hall–Kier alpha value is -2.31. The van der Waals surface area contributed by atoms with Gasteiger partial charge in [0.1, 0.15) is 17.7 Å². The topological polar surface area (TPSA) is 93.2 Å². The third-order valence-corrected chi connectivity index (χ3v) is 4.17. The first-order valence-corrected chi connectivity index (χ1v) is 8.36. The number of fused-ring (bicyclic) bond motifs is 1. The van der Waals surface area contributed by atoms with E-state index in [1.807, 2.05) is 0 Å². The van der Waals surface area contributed by atoms with Crippen molar-refractivity contribution in [3.8, 4) is 0 Å². The highest BCUT2D eigenvalue weighted by Gasteiger charge is 2.20. The maximum Gasteiger partial charge on any atom is 0.315 e. The van der Waals surface area contributed by atoms with Gasteiger partial charge in [0, 0.05) is 17.4 Å². The zero-order valence-electron chi connectivity index (χ0n) is 14.4. The Kier molecular flexibility index (Phi) is 4.59. The SMILES string of the molecule is CC(C)(C)c1coc(CNC(=O)NCc2noc3c2CCCC3)n1. The molecule has 0 unspecified atom stereocenters. The lowest BCUT2D eigenvalue weighted by atomic mass is 9.93. The van der Waals surface area contributed by atoms with Crippen LogP contribution in [0.15, 0.2) is 15.2 Å². The molecule has 0 spiro atoms. The number of hydrogen-bond acceptors (Lipinski definition) is 5. The van der Waals surface area contributed by atoms with Crippen LogP contribution in [-0.4, -0.2) is 16.2 Å². The summed E-state index contributed by atoms with van der Waals surface area (Å²) in [5.41, 5.74) is 2.78. The van der Waals surface area contributed by atoms with Crippen molar-refractivity contribution in [3.63, 3.8) is 0 Å². The van der Waals surface area contributed by atoms with Crippen molar-refractivity contribution in [2.75, 3.05) is 0 Å². The number of aryl methyl sites for hydroxylation is 1. The summed E-state index contributed by atoms with van der Waals surface area (Å²) in [5, 5.41) is 9.61. The number of nitrogens with zero attached hydrogens (tertiary/aromatic N) is 2. The van der Waals surface area contributed by atoms with Crippen LogP contribution in [0.4, 0.5) is 4.79 Å². The fourth-order valence-corrected chi connectivity index (χ4v) is 2.71.